The number of benzene rings is 2. The summed E-state index contributed by atoms with van der Waals surface area (Å²) < 4.78 is 8.03. The Hall–Kier alpha value is -2.40. The van der Waals surface area contributed by atoms with Gasteiger partial charge in [0, 0.05) is 17.7 Å². The Morgan fingerprint density at radius 3 is 2.52 bits per heavy atom. The molecular weight excluding hydrogens is 404 g/mol. The lowest BCUT2D eigenvalue weighted by Gasteiger charge is -2.09. The molecule has 0 aliphatic rings. The highest BCUT2D eigenvalue weighted by Gasteiger charge is 2.17. The molecule has 0 aliphatic heterocycles. The second-order valence-corrected chi connectivity index (χ2v) is 7.38. The molecule has 0 amide bonds. The Morgan fingerprint density at radius 1 is 1.11 bits per heavy atom. The third kappa shape index (κ3) is 4.48. The molecule has 0 bridgehead atoms. The van der Waals surface area contributed by atoms with Gasteiger partial charge in [-0.3, -0.25) is 4.79 Å². The molecule has 0 fully saturated rings. The minimum Gasteiger partial charge on any atom is -0.483 e. The Kier molecular flexibility index (Phi) is 6.11. The van der Waals surface area contributed by atoms with E-state index in [-0.39, 0.29) is 12.5 Å². The summed E-state index contributed by atoms with van der Waals surface area (Å²) in [5.74, 6) is 0.480. The van der Waals surface area contributed by atoms with Crippen LogP contribution in [0.4, 0.5) is 0 Å². The Morgan fingerprint density at radius 2 is 1.85 bits per heavy atom. The molecule has 0 N–H and O–H groups in total. The second-order valence-electron chi connectivity index (χ2n) is 6.52. The van der Waals surface area contributed by atoms with Gasteiger partial charge in [0.2, 0.25) is 0 Å². The number of carbonyl (C=O) groups excluding carboxylic acids is 1. The number of hydrogen-bond donors (Lipinski definition) is 0. The lowest BCUT2D eigenvalue weighted by molar-refractivity contribution is 0.0817. The zero-order valence-corrected chi connectivity index (χ0v) is 17.4. The predicted octanol–water partition coefficient (Wildman–Crippen LogP) is 5.13. The van der Waals surface area contributed by atoms with Crippen molar-refractivity contribution in [3.63, 3.8) is 0 Å². The largest absolute Gasteiger partial charge is 0.483 e. The first-order valence-corrected chi connectivity index (χ1v) is 9.82. The van der Waals surface area contributed by atoms with Crippen molar-refractivity contribution in [3.8, 4) is 5.75 Å². The maximum absolute atomic E-state index is 12.7. The molecule has 4 nitrogen and oxygen atoms in total. The van der Waals surface area contributed by atoms with Crippen molar-refractivity contribution in [1.82, 2.24) is 9.78 Å². The summed E-state index contributed by atoms with van der Waals surface area (Å²) in [5.41, 5.74) is 5.24. The average molecular weight is 427 g/mol. The molecule has 0 saturated heterocycles. The van der Waals surface area contributed by atoms with Crippen LogP contribution in [0.1, 0.15) is 39.8 Å². The van der Waals surface area contributed by atoms with E-state index in [9.17, 15) is 4.79 Å². The first-order chi connectivity index (χ1) is 13.0. The van der Waals surface area contributed by atoms with Gasteiger partial charge in [-0.15, -0.1) is 0 Å². The molecular formula is C22H23BrN2O2. The molecule has 1 heterocycles. The van der Waals surface area contributed by atoms with Crippen LogP contribution in [0.25, 0.3) is 0 Å². The summed E-state index contributed by atoms with van der Waals surface area (Å²) in [4.78, 5) is 12.7. The summed E-state index contributed by atoms with van der Waals surface area (Å²) in [6.45, 7) is 5.91. The molecule has 2 aromatic carbocycles. The predicted molar refractivity (Wildman–Crippen MR) is 111 cm³/mol. The van der Waals surface area contributed by atoms with E-state index in [1.807, 2.05) is 50.2 Å². The quantitative estimate of drug-likeness (QED) is 0.548. The van der Waals surface area contributed by atoms with Crippen molar-refractivity contribution < 1.29 is 9.53 Å². The fraction of sp³-hybridized carbons (Fsp3) is 0.273. The molecule has 140 valence electrons. The van der Waals surface area contributed by atoms with Gasteiger partial charge in [-0.2, -0.15) is 5.10 Å². The molecule has 0 spiro atoms. The maximum atomic E-state index is 12.7. The standard InChI is InChI=1S/C22H23BrN2O2/c1-4-17-10-11-21(20(23)13-17)27-14-22(26)25-16(3)19(15(2)24-25)12-18-8-6-5-7-9-18/h5-11,13H,4,12,14H2,1-3H3. The van der Waals surface area contributed by atoms with Gasteiger partial charge in [0.1, 0.15) is 5.75 Å². The lowest BCUT2D eigenvalue weighted by Crippen LogP contribution is -2.22. The molecule has 0 aliphatic carbocycles. The fourth-order valence-electron chi connectivity index (χ4n) is 3.06. The van der Waals surface area contributed by atoms with E-state index < -0.39 is 0 Å². The highest BCUT2D eigenvalue weighted by atomic mass is 79.9. The van der Waals surface area contributed by atoms with Crippen molar-refractivity contribution in [2.75, 3.05) is 6.61 Å². The molecule has 5 heteroatoms. The van der Waals surface area contributed by atoms with E-state index in [0.29, 0.717) is 5.75 Å². The van der Waals surface area contributed by atoms with E-state index in [1.165, 1.54) is 15.8 Å². The number of halogens is 1. The maximum Gasteiger partial charge on any atom is 0.284 e. The summed E-state index contributed by atoms with van der Waals surface area (Å²) in [5, 5.41) is 4.44. The molecule has 3 aromatic rings. The molecule has 1 aromatic heterocycles. The number of hydrogen-bond acceptors (Lipinski definition) is 3. The molecule has 3 rings (SSSR count). The van der Waals surface area contributed by atoms with Gasteiger partial charge in [0.25, 0.3) is 5.91 Å². The lowest BCUT2D eigenvalue weighted by atomic mass is 10.0. The number of rotatable bonds is 6. The van der Waals surface area contributed by atoms with Crippen molar-refractivity contribution in [3.05, 3.63) is 81.1 Å². The SMILES string of the molecule is CCc1ccc(OCC(=O)n2nc(C)c(Cc3ccccc3)c2C)c(Br)c1. The van der Waals surface area contributed by atoms with Gasteiger partial charge in [0.05, 0.1) is 10.2 Å². The first kappa shape index (κ1) is 19.4. The van der Waals surface area contributed by atoms with Gasteiger partial charge < -0.3 is 4.74 Å². The minimum atomic E-state index is -0.179. The Balaban J connectivity index is 1.73. The van der Waals surface area contributed by atoms with Crippen molar-refractivity contribution in [1.29, 1.82) is 0 Å². The Bertz CT molecular complexity index is 948. The highest BCUT2D eigenvalue weighted by Crippen LogP contribution is 2.26. The van der Waals surface area contributed by atoms with Gasteiger partial charge in [-0.25, -0.2) is 4.68 Å². The summed E-state index contributed by atoms with van der Waals surface area (Å²) in [6.07, 6.45) is 1.71. The van der Waals surface area contributed by atoms with Crippen LogP contribution < -0.4 is 4.74 Å². The third-order valence-corrected chi connectivity index (χ3v) is 5.28. The number of aromatic nitrogens is 2. The van der Waals surface area contributed by atoms with E-state index in [0.717, 1.165) is 34.3 Å². The van der Waals surface area contributed by atoms with Crippen LogP contribution in [0.5, 0.6) is 5.75 Å². The van der Waals surface area contributed by atoms with Crippen molar-refractivity contribution in [2.45, 2.75) is 33.6 Å². The third-order valence-electron chi connectivity index (χ3n) is 4.66. The summed E-state index contributed by atoms with van der Waals surface area (Å²) in [6, 6.07) is 16.1. The minimum absolute atomic E-state index is 0.0587. The topological polar surface area (TPSA) is 44.1 Å². The van der Waals surface area contributed by atoms with Gasteiger partial charge in [0.15, 0.2) is 6.61 Å². The van der Waals surface area contributed by atoms with Crippen LogP contribution in [0.2, 0.25) is 0 Å². The van der Waals surface area contributed by atoms with Crippen LogP contribution in [-0.2, 0) is 12.8 Å². The first-order valence-electron chi connectivity index (χ1n) is 9.03. The van der Waals surface area contributed by atoms with Crippen LogP contribution in [0, 0.1) is 13.8 Å². The van der Waals surface area contributed by atoms with Crippen molar-refractivity contribution in [2.24, 2.45) is 0 Å². The number of carbonyl (C=O) groups is 1. The van der Waals surface area contributed by atoms with E-state index in [2.05, 4.69) is 40.1 Å². The van der Waals surface area contributed by atoms with Crippen molar-refractivity contribution >= 4 is 21.8 Å². The number of aryl methyl sites for hydroxylation is 2. The van der Waals surface area contributed by atoms with Gasteiger partial charge >= 0.3 is 0 Å². The number of ether oxygens (including phenoxy) is 1. The van der Waals surface area contributed by atoms with Crippen LogP contribution in [-0.4, -0.2) is 22.3 Å². The average Bonchev–Trinajstić information content (AvgIpc) is 2.96. The highest BCUT2D eigenvalue weighted by molar-refractivity contribution is 9.10. The summed E-state index contributed by atoms with van der Waals surface area (Å²) >= 11 is 3.50. The van der Waals surface area contributed by atoms with Crippen LogP contribution >= 0.6 is 15.9 Å². The normalized spacial score (nSPS) is 10.8. The van der Waals surface area contributed by atoms with Gasteiger partial charge in [-0.05, 0) is 59.5 Å². The number of nitrogens with zero attached hydrogens (tertiary/aromatic N) is 2. The Labute approximate surface area is 168 Å². The zero-order valence-electron chi connectivity index (χ0n) is 15.8. The fourth-order valence-corrected chi connectivity index (χ4v) is 3.60. The second kappa shape index (κ2) is 8.53. The molecule has 0 radical (unpaired) electrons. The van der Waals surface area contributed by atoms with E-state index >= 15 is 0 Å². The smallest absolute Gasteiger partial charge is 0.284 e. The monoisotopic (exact) mass is 426 g/mol. The van der Waals surface area contributed by atoms with Crippen LogP contribution in [0.3, 0.4) is 0 Å². The molecule has 0 unspecified atom stereocenters. The van der Waals surface area contributed by atoms with E-state index in [4.69, 9.17) is 4.74 Å². The molecule has 27 heavy (non-hydrogen) atoms. The molecule has 0 saturated carbocycles. The van der Waals surface area contributed by atoms with Crippen LogP contribution in [0.15, 0.2) is 53.0 Å². The zero-order chi connectivity index (χ0) is 19.4. The summed E-state index contributed by atoms with van der Waals surface area (Å²) in [7, 11) is 0. The molecule has 0 atom stereocenters. The van der Waals surface area contributed by atoms with E-state index in [1.54, 1.807) is 0 Å². The van der Waals surface area contributed by atoms with Gasteiger partial charge in [-0.1, -0.05) is 43.3 Å².